The van der Waals surface area contributed by atoms with E-state index in [4.69, 9.17) is 0 Å². The average molecular weight is 415 g/mol. The van der Waals surface area contributed by atoms with Gasteiger partial charge in [0.05, 0.1) is 18.3 Å². The number of carbonyl (C=O) groups excluding carboxylic acids is 2. The maximum absolute atomic E-state index is 13.0. The first-order valence-electron chi connectivity index (χ1n) is 10.4. The Labute approximate surface area is 181 Å². The summed E-state index contributed by atoms with van der Waals surface area (Å²) < 4.78 is 0. The summed E-state index contributed by atoms with van der Waals surface area (Å²) in [6.45, 7) is 6.24. The van der Waals surface area contributed by atoms with Gasteiger partial charge in [-0.3, -0.25) is 19.5 Å². The van der Waals surface area contributed by atoms with Gasteiger partial charge in [-0.2, -0.15) is 0 Å². The first kappa shape index (κ1) is 20.8. The lowest BCUT2D eigenvalue weighted by Gasteiger charge is -2.22. The van der Waals surface area contributed by atoms with Gasteiger partial charge in [-0.25, -0.2) is 9.97 Å². The second kappa shape index (κ2) is 8.73. The quantitative estimate of drug-likeness (QED) is 0.666. The Kier molecular flexibility index (Phi) is 5.86. The second-order valence-electron chi connectivity index (χ2n) is 7.69. The van der Waals surface area contributed by atoms with Gasteiger partial charge in [-0.05, 0) is 37.5 Å². The van der Waals surface area contributed by atoms with Crippen LogP contribution >= 0.6 is 0 Å². The third-order valence-corrected chi connectivity index (χ3v) is 5.50. The molecule has 1 aliphatic rings. The van der Waals surface area contributed by atoms with E-state index in [0.29, 0.717) is 23.8 Å². The molecule has 0 fully saturated rings. The van der Waals surface area contributed by atoms with E-state index < -0.39 is 6.04 Å². The monoisotopic (exact) mass is 415 g/mol. The number of nitrogens with one attached hydrogen (secondary N) is 1. The molecule has 4 rings (SSSR count). The predicted octanol–water partition coefficient (Wildman–Crippen LogP) is 3.12. The molecule has 1 unspecified atom stereocenters. The molecule has 1 N–H and O–H groups in total. The van der Waals surface area contributed by atoms with Gasteiger partial charge in [0, 0.05) is 36.3 Å². The number of aryl methyl sites for hydroxylation is 2. The van der Waals surface area contributed by atoms with Crippen LogP contribution in [0.3, 0.4) is 0 Å². The summed E-state index contributed by atoms with van der Waals surface area (Å²) in [5.74, 6) is 0.395. The molecule has 7 heteroatoms. The molecule has 2 aromatic heterocycles. The lowest BCUT2D eigenvalue weighted by atomic mass is 10.0. The highest BCUT2D eigenvalue weighted by Gasteiger charge is 2.39. The third kappa shape index (κ3) is 4.22. The summed E-state index contributed by atoms with van der Waals surface area (Å²) in [5.41, 5.74) is 4.94. The normalized spacial score (nSPS) is 15.3. The van der Waals surface area contributed by atoms with E-state index in [1.807, 2.05) is 25.1 Å². The van der Waals surface area contributed by atoms with Crippen LogP contribution in [0, 0.1) is 6.92 Å². The van der Waals surface area contributed by atoms with Crippen LogP contribution in [0.15, 0.2) is 48.9 Å². The third-order valence-electron chi connectivity index (χ3n) is 5.50. The van der Waals surface area contributed by atoms with E-state index in [2.05, 4.69) is 39.3 Å². The molecule has 0 aliphatic carbocycles. The van der Waals surface area contributed by atoms with Crippen molar-refractivity contribution in [2.75, 3.05) is 11.4 Å². The van der Waals surface area contributed by atoms with E-state index >= 15 is 0 Å². The molecule has 158 valence electrons. The molecule has 1 atom stereocenters. The number of nitrogens with zero attached hydrogens (tertiary/aromatic N) is 4. The first-order chi connectivity index (χ1) is 15.0. The number of amides is 1. The van der Waals surface area contributed by atoms with Gasteiger partial charge in [0.1, 0.15) is 11.5 Å². The molecule has 1 amide bonds. The van der Waals surface area contributed by atoms with Crippen molar-refractivity contribution < 1.29 is 9.59 Å². The maximum Gasteiger partial charge on any atom is 0.241 e. The van der Waals surface area contributed by atoms with E-state index in [1.165, 1.54) is 5.56 Å². The molecule has 0 radical (unpaired) electrons. The van der Waals surface area contributed by atoms with Crippen molar-refractivity contribution in [3.05, 3.63) is 71.6 Å². The van der Waals surface area contributed by atoms with Crippen LogP contribution in [0.25, 0.3) is 11.1 Å². The van der Waals surface area contributed by atoms with Gasteiger partial charge < -0.3 is 5.32 Å². The minimum Gasteiger partial charge on any atom is -0.304 e. The van der Waals surface area contributed by atoms with Crippen LogP contribution in [0.5, 0.6) is 0 Å². The minimum atomic E-state index is -0.572. The summed E-state index contributed by atoms with van der Waals surface area (Å²) >= 11 is 0. The van der Waals surface area contributed by atoms with E-state index in [9.17, 15) is 9.59 Å². The number of pyridine rings is 1. The summed E-state index contributed by atoms with van der Waals surface area (Å²) in [6.07, 6.45) is 6.11. The lowest BCUT2D eigenvalue weighted by Crippen LogP contribution is -2.43. The SMILES string of the molecule is CCc1cccc(-c2cnc3c(c2)N(C(=O)CNCc2cnc(C)nc2)C(C)C3=O)c1. The summed E-state index contributed by atoms with van der Waals surface area (Å²) in [7, 11) is 0. The van der Waals surface area contributed by atoms with Crippen LogP contribution in [0.4, 0.5) is 5.69 Å². The van der Waals surface area contributed by atoms with Crippen molar-refractivity contribution in [1.82, 2.24) is 20.3 Å². The van der Waals surface area contributed by atoms with Crippen molar-refractivity contribution in [2.45, 2.75) is 39.8 Å². The molecule has 1 aliphatic heterocycles. The topological polar surface area (TPSA) is 88.1 Å². The number of hydrogen-bond acceptors (Lipinski definition) is 6. The maximum atomic E-state index is 13.0. The summed E-state index contributed by atoms with van der Waals surface area (Å²) in [6, 6.07) is 9.54. The zero-order valence-corrected chi connectivity index (χ0v) is 17.9. The number of carbonyl (C=O) groups is 2. The lowest BCUT2D eigenvalue weighted by molar-refractivity contribution is -0.118. The van der Waals surface area contributed by atoms with Crippen LogP contribution in [-0.4, -0.2) is 39.2 Å². The smallest absolute Gasteiger partial charge is 0.241 e. The van der Waals surface area contributed by atoms with Crippen molar-refractivity contribution in [1.29, 1.82) is 0 Å². The first-order valence-corrected chi connectivity index (χ1v) is 10.4. The minimum absolute atomic E-state index is 0.0977. The number of rotatable bonds is 6. The predicted molar refractivity (Wildman–Crippen MR) is 119 cm³/mol. The Hall–Kier alpha value is -3.45. The molecule has 7 nitrogen and oxygen atoms in total. The highest BCUT2D eigenvalue weighted by atomic mass is 16.2. The largest absolute Gasteiger partial charge is 0.304 e. The zero-order valence-electron chi connectivity index (χ0n) is 17.9. The van der Waals surface area contributed by atoms with E-state index in [-0.39, 0.29) is 18.2 Å². The fraction of sp³-hybridized carbons (Fsp3) is 0.292. The van der Waals surface area contributed by atoms with E-state index in [1.54, 1.807) is 30.4 Å². The molecular weight excluding hydrogens is 390 g/mol. The number of benzene rings is 1. The van der Waals surface area contributed by atoms with Crippen molar-refractivity contribution >= 4 is 17.4 Å². The summed E-state index contributed by atoms with van der Waals surface area (Å²) in [4.78, 5) is 40.0. The van der Waals surface area contributed by atoms with Crippen LogP contribution in [0.1, 0.15) is 41.3 Å². The van der Waals surface area contributed by atoms with Gasteiger partial charge >= 0.3 is 0 Å². The number of fused-ring (bicyclic) bond motifs is 1. The van der Waals surface area contributed by atoms with Gasteiger partial charge in [-0.15, -0.1) is 0 Å². The number of aromatic nitrogens is 3. The fourth-order valence-corrected chi connectivity index (χ4v) is 3.74. The molecule has 0 bridgehead atoms. The fourth-order valence-electron chi connectivity index (χ4n) is 3.74. The van der Waals surface area contributed by atoms with Crippen LogP contribution < -0.4 is 10.2 Å². The second-order valence-corrected chi connectivity index (χ2v) is 7.69. The number of Topliss-reactive ketones (excluding diaryl/α,β-unsaturated/α-hetero) is 1. The van der Waals surface area contributed by atoms with Gasteiger partial charge in [0.2, 0.25) is 11.7 Å². The molecular formula is C24H25N5O2. The van der Waals surface area contributed by atoms with Crippen molar-refractivity contribution in [3.8, 4) is 11.1 Å². The van der Waals surface area contributed by atoms with Crippen molar-refractivity contribution in [3.63, 3.8) is 0 Å². The highest BCUT2D eigenvalue weighted by molar-refractivity contribution is 6.17. The van der Waals surface area contributed by atoms with Crippen molar-refractivity contribution in [2.24, 2.45) is 0 Å². The highest BCUT2D eigenvalue weighted by Crippen LogP contribution is 2.34. The molecule has 3 aromatic rings. The van der Waals surface area contributed by atoms with E-state index in [0.717, 1.165) is 23.1 Å². The van der Waals surface area contributed by atoms with Crippen LogP contribution in [-0.2, 0) is 17.8 Å². The molecule has 3 heterocycles. The Morgan fingerprint density at radius 1 is 1.06 bits per heavy atom. The Balaban J connectivity index is 1.54. The number of ketones is 1. The Morgan fingerprint density at radius 2 is 1.84 bits per heavy atom. The standard InChI is InChI=1S/C24H25N5O2/c1-4-17-6-5-7-19(8-17)20-9-21-23(28-13-20)24(31)15(2)29(21)22(30)14-25-10-18-11-26-16(3)27-12-18/h5-9,11-13,15,25H,4,10,14H2,1-3H3. The average Bonchev–Trinajstić information content (AvgIpc) is 3.04. The summed E-state index contributed by atoms with van der Waals surface area (Å²) in [5, 5.41) is 3.12. The van der Waals surface area contributed by atoms with Gasteiger partial charge in [0.15, 0.2) is 0 Å². The Bertz CT molecular complexity index is 1130. The number of anilines is 1. The molecule has 0 spiro atoms. The van der Waals surface area contributed by atoms with Crippen LogP contribution in [0.2, 0.25) is 0 Å². The van der Waals surface area contributed by atoms with Gasteiger partial charge in [0.25, 0.3) is 0 Å². The molecule has 1 aromatic carbocycles. The Morgan fingerprint density at radius 3 is 2.58 bits per heavy atom. The molecule has 31 heavy (non-hydrogen) atoms. The molecule has 0 saturated carbocycles. The number of hydrogen-bond donors (Lipinski definition) is 1. The zero-order chi connectivity index (χ0) is 22.0. The van der Waals surface area contributed by atoms with Gasteiger partial charge in [-0.1, -0.05) is 31.2 Å². The molecule has 0 saturated heterocycles.